The summed E-state index contributed by atoms with van der Waals surface area (Å²) in [6, 6.07) is 5.87. The summed E-state index contributed by atoms with van der Waals surface area (Å²) in [5, 5.41) is 14.7. The van der Waals surface area contributed by atoms with Crippen LogP contribution in [-0.2, 0) is 16.7 Å². The van der Waals surface area contributed by atoms with E-state index in [1.54, 1.807) is 6.07 Å². The predicted molar refractivity (Wildman–Crippen MR) is 116 cm³/mol. The van der Waals surface area contributed by atoms with Gasteiger partial charge in [0, 0.05) is 19.3 Å². The third kappa shape index (κ3) is 3.64. The fraction of sp³-hybridized carbons (Fsp3) is 0.429. The molecule has 3 N–H and O–H groups in total. The van der Waals surface area contributed by atoms with E-state index in [2.05, 4.69) is 15.3 Å². The highest BCUT2D eigenvalue weighted by Gasteiger charge is 2.40. The molecule has 0 spiro atoms. The number of benzene rings is 1. The van der Waals surface area contributed by atoms with E-state index in [0.717, 1.165) is 33.7 Å². The molecule has 3 aromatic rings. The Labute approximate surface area is 184 Å². The van der Waals surface area contributed by atoms with Crippen molar-refractivity contribution in [1.29, 1.82) is 0 Å². The molecule has 11 heteroatoms. The van der Waals surface area contributed by atoms with Gasteiger partial charge in [-0.15, -0.1) is 0 Å². The summed E-state index contributed by atoms with van der Waals surface area (Å²) in [7, 11) is -3.14. The van der Waals surface area contributed by atoms with Crippen LogP contribution in [0.3, 0.4) is 0 Å². The van der Waals surface area contributed by atoms with Crippen LogP contribution >= 0.6 is 0 Å². The minimum absolute atomic E-state index is 0.0214. The Hall–Kier alpha value is -2.60. The lowest BCUT2D eigenvalue weighted by Crippen LogP contribution is -2.41. The summed E-state index contributed by atoms with van der Waals surface area (Å²) < 4.78 is 48.6. The lowest BCUT2D eigenvalue weighted by Gasteiger charge is -2.23. The SMILES string of the molecule is CN([C@H]1C[C@@H](n2ccc3c(N[C@H]4CCc5cc(F)ccc54)ncnc32)C[C@@H]1O)S(=O)(=O)O. The third-order valence-electron chi connectivity index (χ3n) is 6.70. The van der Waals surface area contributed by atoms with Gasteiger partial charge >= 0.3 is 10.3 Å². The average Bonchev–Trinajstić information content (AvgIpc) is 3.44. The summed E-state index contributed by atoms with van der Waals surface area (Å²) in [6.45, 7) is 0. The van der Waals surface area contributed by atoms with E-state index in [-0.39, 0.29) is 17.9 Å². The maximum Gasteiger partial charge on any atom is 0.335 e. The number of hydrogen-bond donors (Lipinski definition) is 3. The van der Waals surface area contributed by atoms with Crippen molar-refractivity contribution in [1.82, 2.24) is 18.8 Å². The predicted octanol–water partition coefficient (Wildman–Crippen LogP) is 2.47. The first-order valence-electron chi connectivity index (χ1n) is 10.5. The van der Waals surface area contributed by atoms with E-state index >= 15 is 0 Å². The quantitative estimate of drug-likeness (QED) is 0.499. The molecule has 1 saturated carbocycles. The molecule has 1 fully saturated rings. The topological polar surface area (TPSA) is 121 Å². The zero-order valence-corrected chi connectivity index (χ0v) is 18.2. The molecule has 170 valence electrons. The molecule has 1 aromatic carbocycles. The fourth-order valence-electron chi connectivity index (χ4n) is 5.04. The summed E-state index contributed by atoms with van der Waals surface area (Å²) in [4.78, 5) is 8.83. The molecule has 0 unspecified atom stereocenters. The van der Waals surface area contributed by atoms with Crippen molar-refractivity contribution in [2.45, 2.75) is 49.9 Å². The minimum Gasteiger partial charge on any atom is -0.391 e. The van der Waals surface area contributed by atoms with E-state index < -0.39 is 22.4 Å². The molecule has 4 atom stereocenters. The Balaban J connectivity index is 1.41. The van der Waals surface area contributed by atoms with Gasteiger partial charge < -0.3 is 15.0 Å². The lowest BCUT2D eigenvalue weighted by molar-refractivity contribution is 0.117. The second-order valence-corrected chi connectivity index (χ2v) is 9.99. The van der Waals surface area contributed by atoms with Crippen molar-refractivity contribution < 1.29 is 22.5 Å². The number of halogens is 1. The zero-order valence-electron chi connectivity index (χ0n) is 17.4. The Morgan fingerprint density at radius 2 is 2.06 bits per heavy atom. The van der Waals surface area contributed by atoms with Gasteiger partial charge in [-0.3, -0.25) is 4.55 Å². The zero-order chi connectivity index (χ0) is 22.6. The molecule has 2 aromatic heterocycles. The summed E-state index contributed by atoms with van der Waals surface area (Å²) in [5.74, 6) is 0.434. The van der Waals surface area contributed by atoms with Gasteiger partial charge in [0.15, 0.2) is 0 Å². The number of aliphatic hydroxyl groups excluding tert-OH is 1. The summed E-state index contributed by atoms with van der Waals surface area (Å²) in [6.07, 6.45) is 4.73. The number of hydrogen-bond acceptors (Lipinski definition) is 6. The van der Waals surface area contributed by atoms with Gasteiger partial charge in [0.05, 0.1) is 23.6 Å². The molecular formula is C21H24FN5O4S. The highest BCUT2D eigenvalue weighted by molar-refractivity contribution is 7.83. The van der Waals surface area contributed by atoms with E-state index in [1.165, 1.54) is 19.4 Å². The van der Waals surface area contributed by atoms with Crippen LogP contribution in [0.25, 0.3) is 11.0 Å². The molecule has 32 heavy (non-hydrogen) atoms. The molecule has 0 radical (unpaired) electrons. The van der Waals surface area contributed by atoms with Crippen LogP contribution in [0.1, 0.15) is 42.5 Å². The third-order valence-corrected chi connectivity index (χ3v) is 7.70. The first-order chi connectivity index (χ1) is 15.2. The van der Waals surface area contributed by atoms with Crippen molar-refractivity contribution in [3.63, 3.8) is 0 Å². The van der Waals surface area contributed by atoms with Gasteiger partial charge in [-0.1, -0.05) is 6.07 Å². The van der Waals surface area contributed by atoms with Crippen LogP contribution in [-0.4, -0.2) is 56.1 Å². The monoisotopic (exact) mass is 461 g/mol. The fourth-order valence-corrected chi connectivity index (χ4v) is 5.61. The Bertz CT molecular complexity index is 1280. The van der Waals surface area contributed by atoms with Gasteiger partial charge in [-0.2, -0.15) is 12.7 Å². The second kappa shape index (κ2) is 7.77. The van der Waals surface area contributed by atoms with Gasteiger partial charge in [-0.05, 0) is 55.0 Å². The van der Waals surface area contributed by atoms with Crippen LogP contribution in [0.5, 0.6) is 0 Å². The summed E-state index contributed by atoms with van der Waals surface area (Å²) >= 11 is 0. The van der Waals surface area contributed by atoms with Crippen LogP contribution < -0.4 is 5.32 Å². The minimum atomic E-state index is -4.40. The number of likely N-dealkylation sites (N-methyl/N-ethyl adjacent to an activating group) is 1. The van der Waals surface area contributed by atoms with Crippen LogP contribution in [0.4, 0.5) is 10.2 Å². The Morgan fingerprint density at radius 3 is 2.84 bits per heavy atom. The molecule has 2 heterocycles. The molecule has 0 aliphatic heterocycles. The highest BCUT2D eigenvalue weighted by Crippen LogP contribution is 2.38. The van der Waals surface area contributed by atoms with E-state index in [9.17, 15) is 22.5 Å². The molecular weight excluding hydrogens is 437 g/mol. The number of rotatable bonds is 5. The van der Waals surface area contributed by atoms with E-state index in [4.69, 9.17) is 0 Å². The highest BCUT2D eigenvalue weighted by atomic mass is 32.2. The standard InChI is InChI=1S/C21H24FN5O4S/c1-26(32(29,30)31)18-9-14(10-19(18)28)27-7-6-16-20(23-11-24-21(16)27)25-17-5-2-12-8-13(22)3-4-15(12)17/h3-4,6-8,11,14,17-19,28H,2,5,9-10H2,1H3,(H,23,24,25)(H,29,30,31)/t14-,17+,18+,19+/m1/s1. The van der Waals surface area contributed by atoms with Crippen molar-refractivity contribution in [3.05, 3.63) is 53.7 Å². The Kier molecular flexibility index (Phi) is 5.16. The second-order valence-electron chi connectivity index (χ2n) is 8.52. The first kappa shape index (κ1) is 21.3. The molecule has 0 amide bonds. The number of anilines is 1. The van der Waals surface area contributed by atoms with Gasteiger partial charge in [0.25, 0.3) is 0 Å². The molecule has 2 aliphatic carbocycles. The molecule has 5 rings (SSSR count). The lowest BCUT2D eigenvalue weighted by atomic mass is 10.1. The summed E-state index contributed by atoms with van der Waals surface area (Å²) in [5.41, 5.74) is 2.74. The molecule has 2 aliphatic rings. The maximum atomic E-state index is 13.5. The number of aryl methyl sites for hydroxylation is 1. The molecule has 0 saturated heterocycles. The van der Waals surface area contributed by atoms with Crippen LogP contribution in [0.15, 0.2) is 36.8 Å². The van der Waals surface area contributed by atoms with Crippen molar-refractivity contribution >= 4 is 27.2 Å². The average molecular weight is 462 g/mol. The largest absolute Gasteiger partial charge is 0.391 e. The number of aromatic nitrogens is 3. The number of nitrogens with one attached hydrogen (secondary N) is 1. The van der Waals surface area contributed by atoms with Crippen LogP contribution in [0.2, 0.25) is 0 Å². The first-order valence-corrected chi connectivity index (χ1v) is 11.9. The number of fused-ring (bicyclic) bond motifs is 2. The molecule has 9 nitrogen and oxygen atoms in total. The number of aliphatic hydroxyl groups is 1. The van der Waals surface area contributed by atoms with Crippen LogP contribution in [0, 0.1) is 5.82 Å². The van der Waals surface area contributed by atoms with Crippen molar-refractivity contribution in [2.24, 2.45) is 0 Å². The smallest absolute Gasteiger partial charge is 0.335 e. The van der Waals surface area contributed by atoms with E-state index in [0.29, 0.717) is 24.3 Å². The number of nitrogens with zero attached hydrogens (tertiary/aromatic N) is 4. The normalized spacial score (nSPS) is 25.5. The van der Waals surface area contributed by atoms with Gasteiger partial charge in [-0.25, -0.2) is 14.4 Å². The van der Waals surface area contributed by atoms with E-state index in [1.807, 2.05) is 22.9 Å². The maximum absolute atomic E-state index is 13.5. The Morgan fingerprint density at radius 1 is 1.25 bits per heavy atom. The van der Waals surface area contributed by atoms with Gasteiger partial charge in [0.2, 0.25) is 0 Å². The molecule has 0 bridgehead atoms. The van der Waals surface area contributed by atoms with Crippen molar-refractivity contribution in [2.75, 3.05) is 12.4 Å². The van der Waals surface area contributed by atoms with Gasteiger partial charge in [0.1, 0.15) is 23.6 Å². The van der Waals surface area contributed by atoms with Crippen molar-refractivity contribution in [3.8, 4) is 0 Å².